The molecule has 4 nitrogen and oxygen atoms in total. The number of benzene rings is 1. The minimum absolute atomic E-state index is 0.112. The molecule has 4 rings (SSSR count). The molecule has 0 aliphatic carbocycles. The van der Waals surface area contributed by atoms with Crippen molar-refractivity contribution in [3.63, 3.8) is 0 Å². The lowest BCUT2D eigenvalue weighted by molar-refractivity contribution is 0.0990. The Balaban J connectivity index is 1.64. The van der Waals surface area contributed by atoms with Gasteiger partial charge in [0.05, 0.1) is 4.88 Å². The molecule has 1 saturated heterocycles. The number of carbonyl (C=O) groups is 1. The number of hydrogen-bond donors (Lipinski definition) is 1. The van der Waals surface area contributed by atoms with Crippen LogP contribution in [0.15, 0.2) is 41.9 Å². The number of anilines is 1. The standard InChI is InChI=1S/C24H31N3OS/c1-3-5-12-27(24(28)23-7-6-15-29-23)19-8-9-22-20(16-19)21(17-25-22)18-10-13-26(4-2)14-11-18/h6-9,15-18,25H,3-5,10-14H2,1-2H3. The molecule has 0 radical (unpaired) electrons. The molecule has 1 aromatic carbocycles. The smallest absolute Gasteiger partial charge is 0.268 e. The van der Waals surface area contributed by atoms with Gasteiger partial charge < -0.3 is 14.8 Å². The molecule has 0 saturated carbocycles. The predicted octanol–water partition coefficient (Wildman–Crippen LogP) is 5.88. The zero-order valence-corrected chi connectivity index (χ0v) is 18.3. The van der Waals surface area contributed by atoms with Crippen molar-refractivity contribution in [1.82, 2.24) is 9.88 Å². The maximum atomic E-state index is 13.2. The first-order valence-electron chi connectivity index (χ1n) is 10.9. The summed E-state index contributed by atoms with van der Waals surface area (Å²) >= 11 is 1.52. The van der Waals surface area contributed by atoms with Gasteiger partial charge in [-0.15, -0.1) is 11.3 Å². The number of piperidine rings is 1. The van der Waals surface area contributed by atoms with Gasteiger partial charge in [0.25, 0.3) is 5.91 Å². The minimum atomic E-state index is 0.112. The number of H-pyrrole nitrogens is 1. The van der Waals surface area contributed by atoms with Crippen molar-refractivity contribution in [1.29, 1.82) is 0 Å². The maximum absolute atomic E-state index is 13.2. The average molecular weight is 410 g/mol. The lowest BCUT2D eigenvalue weighted by Gasteiger charge is -2.31. The van der Waals surface area contributed by atoms with Crippen molar-refractivity contribution in [2.45, 2.75) is 45.4 Å². The third-order valence-electron chi connectivity index (χ3n) is 6.20. The van der Waals surface area contributed by atoms with Gasteiger partial charge in [-0.1, -0.05) is 26.3 Å². The first-order valence-corrected chi connectivity index (χ1v) is 11.8. The number of aromatic amines is 1. The van der Waals surface area contributed by atoms with E-state index in [1.54, 1.807) is 0 Å². The van der Waals surface area contributed by atoms with Gasteiger partial charge in [0.15, 0.2) is 0 Å². The summed E-state index contributed by atoms with van der Waals surface area (Å²) in [4.78, 5) is 21.9. The molecule has 0 bridgehead atoms. The van der Waals surface area contributed by atoms with Gasteiger partial charge in [-0.3, -0.25) is 4.79 Å². The molecule has 5 heteroatoms. The molecule has 0 atom stereocenters. The van der Waals surface area contributed by atoms with E-state index in [1.807, 2.05) is 22.4 Å². The number of carbonyl (C=O) groups excluding carboxylic acids is 1. The number of amides is 1. The summed E-state index contributed by atoms with van der Waals surface area (Å²) in [5.41, 5.74) is 3.59. The second kappa shape index (κ2) is 9.14. The summed E-state index contributed by atoms with van der Waals surface area (Å²) in [5, 5.41) is 3.25. The maximum Gasteiger partial charge on any atom is 0.268 e. The Bertz CT molecular complexity index is 938. The van der Waals surface area contributed by atoms with Crippen LogP contribution in [-0.4, -0.2) is 42.0 Å². The Morgan fingerprint density at radius 2 is 2.07 bits per heavy atom. The molecule has 3 aromatic rings. The molecule has 29 heavy (non-hydrogen) atoms. The van der Waals surface area contributed by atoms with Gasteiger partial charge in [-0.25, -0.2) is 0 Å². The van der Waals surface area contributed by atoms with E-state index >= 15 is 0 Å². The Labute approximate surface area is 177 Å². The topological polar surface area (TPSA) is 39.3 Å². The third kappa shape index (κ3) is 4.26. The second-order valence-electron chi connectivity index (χ2n) is 7.97. The Kier molecular flexibility index (Phi) is 6.36. The number of rotatable bonds is 7. The van der Waals surface area contributed by atoms with E-state index in [4.69, 9.17) is 0 Å². The molecule has 0 unspecified atom stereocenters. The van der Waals surface area contributed by atoms with Crippen LogP contribution in [0.2, 0.25) is 0 Å². The quantitative estimate of drug-likeness (QED) is 0.529. The largest absolute Gasteiger partial charge is 0.361 e. The van der Waals surface area contributed by atoms with E-state index < -0.39 is 0 Å². The zero-order chi connectivity index (χ0) is 20.2. The normalized spacial score (nSPS) is 15.8. The third-order valence-corrected chi connectivity index (χ3v) is 7.05. The van der Waals surface area contributed by atoms with Crippen LogP contribution in [0.1, 0.15) is 60.7 Å². The van der Waals surface area contributed by atoms with Crippen molar-refractivity contribution in [2.75, 3.05) is 31.1 Å². The number of nitrogens with zero attached hydrogens (tertiary/aromatic N) is 2. The predicted molar refractivity (Wildman–Crippen MR) is 123 cm³/mol. The molecular weight excluding hydrogens is 378 g/mol. The van der Waals surface area contributed by atoms with Crippen molar-refractivity contribution < 1.29 is 4.79 Å². The van der Waals surface area contributed by atoms with E-state index in [1.165, 1.54) is 53.7 Å². The van der Waals surface area contributed by atoms with Crippen LogP contribution < -0.4 is 4.90 Å². The molecule has 1 amide bonds. The van der Waals surface area contributed by atoms with E-state index in [9.17, 15) is 4.79 Å². The monoisotopic (exact) mass is 409 g/mol. The lowest BCUT2D eigenvalue weighted by atomic mass is 9.89. The summed E-state index contributed by atoms with van der Waals surface area (Å²) in [6.07, 6.45) is 6.68. The molecular formula is C24H31N3OS. The molecule has 1 aliphatic heterocycles. The van der Waals surface area contributed by atoms with E-state index in [2.05, 4.69) is 48.1 Å². The van der Waals surface area contributed by atoms with Crippen molar-refractivity contribution in [3.05, 3.63) is 52.3 Å². The van der Waals surface area contributed by atoms with Gasteiger partial charge in [0.2, 0.25) is 0 Å². The molecule has 2 aromatic heterocycles. The average Bonchev–Trinajstić information content (AvgIpc) is 3.44. The van der Waals surface area contributed by atoms with Crippen molar-refractivity contribution in [3.8, 4) is 0 Å². The summed E-state index contributed by atoms with van der Waals surface area (Å²) < 4.78 is 0. The Morgan fingerprint density at radius 3 is 2.76 bits per heavy atom. The highest BCUT2D eigenvalue weighted by Crippen LogP contribution is 2.35. The molecule has 1 N–H and O–H groups in total. The van der Waals surface area contributed by atoms with Crippen molar-refractivity contribution in [2.24, 2.45) is 0 Å². The molecule has 0 spiro atoms. The molecule has 1 fully saturated rings. The van der Waals surface area contributed by atoms with Gasteiger partial charge >= 0.3 is 0 Å². The Hall–Kier alpha value is -2.11. The van der Waals surface area contributed by atoms with Crippen molar-refractivity contribution >= 4 is 33.8 Å². The number of aromatic nitrogens is 1. The van der Waals surface area contributed by atoms with Crippen LogP contribution in [0.3, 0.4) is 0 Å². The first-order chi connectivity index (χ1) is 14.2. The highest BCUT2D eigenvalue weighted by atomic mass is 32.1. The van der Waals surface area contributed by atoms with Crippen LogP contribution in [0.4, 0.5) is 5.69 Å². The van der Waals surface area contributed by atoms with Crippen LogP contribution in [0.5, 0.6) is 0 Å². The van der Waals surface area contributed by atoms with Crippen LogP contribution in [0, 0.1) is 0 Å². The highest BCUT2D eigenvalue weighted by molar-refractivity contribution is 7.12. The number of unbranched alkanes of at least 4 members (excludes halogenated alkanes) is 1. The van der Waals surface area contributed by atoms with Crippen LogP contribution in [0.25, 0.3) is 10.9 Å². The fourth-order valence-electron chi connectivity index (χ4n) is 4.39. The zero-order valence-electron chi connectivity index (χ0n) is 17.5. The SMILES string of the molecule is CCCCN(C(=O)c1cccs1)c1ccc2[nH]cc(C3CCN(CC)CC3)c2c1. The fraction of sp³-hybridized carbons (Fsp3) is 0.458. The van der Waals surface area contributed by atoms with Crippen LogP contribution >= 0.6 is 11.3 Å². The summed E-state index contributed by atoms with van der Waals surface area (Å²) in [6, 6.07) is 10.3. The number of hydrogen-bond acceptors (Lipinski definition) is 3. The lowest BCUT2D eigenvalue weighted by Crippen LogP contribution is -2.32. The van der Waals surface area contributed by atoms with Gasteiger partial charge in [-0.05, 0) is 80.0 Å². The molecule has 1 aliphatic rings. The number of nitrogens with one attached hydrogen (secondary N) is 1. The van der Waals surface area contributed by atoms with E-state index in [0.717, 1.165) is 36.5 Å². The summed E-state index contributed by atoms with van der Waals surface area (Å²) in [6.45, 7) is 8.66. The number of thiophene rings is 1. The summed E-state index contributed by atoms with van der Waals surface area (Å²) in [5.74, 6) is 0.708. The van der Waals surface area contributed by atoms with Gasteiger partial charge in [-0.2, -0.15) is 0 Å². The van der Waals surface area contributed by atoms with Gasteiger partial charge in [0, 0.05) is 29.3 Å². The fourth-order valence-corrected chi connectivity index (χ4v) is 5.07. The van der Waals surface area contributed by atoms with Crippen LogP contribution in [-0.2, 0) is 0 Å². The summed E-state index contributed by atoms with van der Waals surface area (Å²) in [7, 11) is 0. The minimum Gasteiger partial charge on any atom is -0.361 e. The number of likely N-dealkylation sites (tertiary alicyclic amines) is 1. The van der Waals surface area contributed by atoms with Gasteiger partial charge in [0.1, 0.15) is 0 Å². The molecule has 154 valence electrons. The first kappa shape index (κ1) is 20.2. The van der Waals surface area contributed by atoms with E-state index in [-0.39, 0.29) is 5.91 Å². The highest BCUT2D eigenvalue weighted by Gasteiger charge is 2.23. The molecule has 3 heterocycles. The van der Waals surface area contributed by atoms with E-state index in [0.29, 0.717) is 5.92 Å². The second-order valence-corrected chi connectivity index (χ2v) is 8.92. The Morgan fingerprint density at radius 1 is 1.24 bits per heavy atom. The number of fused-ring (bicyclic) bond motifs is 1.